The molecule has 2 aromatic rings. The summed E-state index contributed by atoms with van der Waals surface area (Å²) in [6.07, 6.45) is 1.60. The van der Waals surface area contributed by atoms with Crippen LogP contribution in [-0.4, -0.2) is 47.5 Å². The van der Waals surface area contributed by atoms with E-state index in [1.54, 1.807) is 42.5 Å². The fourth-order valence-electron chi connectivity index (χ4n) is 2.84. The first-order valence-corrected chi connectivity index (χ1v) is 11.2. The number of nitrogens with zero attached hydrogens (tertiary/aromatic N) is 1. The van der Waals surface area contributed by atoms with Gasteiger partial charge in [0.1, 0.15) is 0 Å². The van der Waals surface area contributed by atoms with Crippen molar-refractivity contribution in [3.63, 3.8) is 0 Å². The molecule has 1 fully saturated rings. The van der Waals surface area contributed by atoms with Gasteiger partial charge in [0.25, 0.3) is 17.1 Å². The molecule has 0 bridgehead atoms. The third kappa shape index (κ3) is 6.12. The Labute approximate surface area is 199 Å². The second-order valence-electron chi connectivity index (χ2n) is 6.70. The number of thioether (sulfide) groups is 1. The second kappa shape index (κ2) is 11.2. The minimum absolute atomic E-state index is 0.0351. The third-order valence-corrected chi connectivity index (χ3v) is 6.21. The number of hydrogen-bond acceptors (Lipinski definition) is 5. The van der Waals surface area contributed by atoms with Crippen LogP contribution in [0.2, 0.25) is 10.0 Å². The molecule has 1 saturated heterocycles. The lowest BCUT2D eigenvalue weighted by atomic mass is 10.2. The van der Waals surface area contributed by atoms with E-state index in [9.17, 15) is 19.2 Å². The second-order valence-corrected chi connectivity index (χ2v) is 8.48. The van der Waals surface area contributed by atoms with Gasteiger partial charge in [0.05, 0.1) is 15.0 Å². The van der Waals surface area contributed by atoms with E-state index in [1.807, 2.05) is 6.07 Å². The number of benzene rings is 2. The summed E-state index contributed by atoms with van der Waals surface area (Å²) in [5, 5.41) is 5.53. The van der Waals surface area contributed by atoms with Crippen molar-refractivity contribution >= 4 is 64.0 Å². The van der Waals surface area contributed by atoms with E-state index in [2.05, 4.69) is 10.6 Å². The van der Waals surface area contributed by atoms with E-state index in [0.29, 0.717) is 21.2 Å². The number of nitrogens with one attached hydrogen (secondary N) is 2. The maximum atomic E-state index is 12.6. The molecule has 0 aliphatic carbocycles. The molecule has 1 aliphatic heterocycles. The van der Waals surface area contributed by atoms with Gasteiger partial charge < -0.3 is 10.6 Å². The maximum absolute atomic E-state index is 12.6. The summed E-state index contributed by atoms with van der Waals surface area (Å²) < 4.78 is 0. The lowest BCUT2D eigenvalue weighted by Crippen LogP contribution is -2.38. The zero-order chi connectivity index (χ0) is 23.1. The molecule has 4 amide bonds. The van der Waals surface area contributed by atoms with Gasteiger partial charge in [-0.1, -0.05) is 53.5 Å². The van der Waals surface area contributed by atoms with Crippen LogP contribution in [-0.2, 0) is 9.59 Å². The van der Waals surface area contributed by atoms with Crippen LogP contribution in [0.5, 0.6) is 0 Å². The Balaban J connectivity index is 1.44. The fraction of sp³-hybridized carbons (Fsp3) is 0.182. The Morgan fingerprint density at radius 2 is 1.72 bits per heavy atom. The molecule has 0 saturated carbocycles. The maximum Gasteiger partial charge on any atom is 0.293 e. The van der Waals surface area contributed by atoms with E-state index < -0.39 is 11.1 Å². The van der Waals surface area contributed by atoms with Crippen LogP contribution in [0.1, 0.15) is 22.3 Å². The number of hydrogen-bond donors (Lipinski definition) is 2. The van der Waals surface area contributed by atoms with Crippen molar-refractivity contribution in [3.05, 3.63) is 74.6 Å². The van der Waals surface area contributed by atoms with Crippen molar-refractivity contribution in [3.8, 4) is 0 Å². The van der Waals surface area contributed by atoms with E-state index in [4.69, 9.17) is 23.2 Å². The lowest BCUT2D eigenvalue weighted by molar-refractivity contribution is -0.124. The van der Waals surface area contributed by atoms with Gasteiger partial charge in [-0.25, -0.2) is 0 Å². The van der Waals surface area contributed by atoms with Crippen LogP contribution in [0.25, 0.3) is 6.08 Å². The Kier molecular flexibility index (Phi) is 8.33. The van der Waals surface area contributed by atoms with E-state index >= 15 is 0 Å². The van der Waals surface area contributed by atoms with Gasteiger partial charge in [0.15, 0.2) is 0 Å². The summed E-state index contributed by atoms with van der Waals surface area (Å²) >= 11 is 12.9. The van der Waals surface area contributed by atoms with Crippen LogP contribution in [0.4, 0.5) is 4.79 Å². The minimum atomic E-state index is -0.458. The van der Waals surface area contributed by atoms with E-state index in [1.165, 1.54) is 6.08 Å². The zero-order valence-electron chi connectivity index (χ0n) is 16.8. The molecule has 1 heterocycles. The highest BCUT2D eigenvalue weighted by atomic mass is 35.5. The molecule has 1 aliphatic rings. The molecule has 10 heteroatoms. The first kappa shape index (κ1) is 23.8. The Morgan fingerprint density at radius 3 is 2.47 bits per heavy atom. The van der Waals surface area contributed by atoms with Crippen molar-refractivity contribution in [2.24, 2.45) is 0 Å². The molecule has 32 heavy (non-hydrogen) atoms. The molecular weight excluding hydrogens is 473 g/mol. The predicted molar refractivity (Wildman–Crippen MR) is 126 cm³/mol. The first-order chi connectivity index (χ1) is 15.4. The summed E-state index contributed by atoms with van der Waals surface area (Å²) in [5.41, 5.74) is 1.05. The minimum Gasteiger partial charge on any atom is -0.354 e. The summed E-state index contributed by atoms with van der Waals surface area (Å²) in [6, 6.07) is 13.7. The van der Waals surface area contributed by atoms with Crippen molar-refractivity contribution in [1.82, 2.24) is 15.5 Å². The normalized spacial score (nSPS) is 14.7. The van der Waals surface area contributed by atoms with Crippen molar-refractivity contribution in [1.29, 1.82) is 0 Å². The van der Waals surface area contributed by atoms with Gasteiger partial charge in [-0.05, 0) is 41.6 Å². The SMILES string of the molecule is O=C(CCNC(=O)c1ccccc1)NCCN1C(=O)S/C(=C\c2cccc(Cl)c2Cl)C1=O. The molecule has 0 radical (unpaired) electrons. The molecule has 0 spiro atoms. The molecule has 2 aromatic carbocycles. The molecular formula is C22H19Cl2N3O4S. The molecule has 2 N–H and O–H groups in total. The number of halogens is 2. The number of carbonyl (C=O) groups excluding carboxylic acids is 4. The average Bonchev–Trinajstić information content (AvgIpc) is 3.04. The topological polar surface area (TPSA) is 95.6 Å². The highest BCUT2D eigenvalue weighted by molar-refractivity contribution is 8.18. The quantitative estimate of drug-likeness (QED) is 0.544. The highest BCUT2D eigenvalue weighted by Gasteiger charge is 2.34. The van der Waals surface area contributed by atoms with Gasteiger partial charge in [-0.3, -0.25) is 24.1 Å². The molecule has 0 unspecified atom stereocenters. The Hall–Kier alpha value is -2.81. The summed E-state index contributed by atoms with van der Waals surface area (Å²) in [4.78, 5) is 50.0. The van der Waals surface area contributed by atoms with Crippen LogP contribution in [0.3, 0.4) is 0 Å². The van der Waals surface area contributed by atoms with Crippen molar-refractivity contribution in [2.75, 3.05) is 19.6 Å². The monoisotopic (exact) mass is 491 g/mol. The molecule has 166 valence electrons. The van der Waals surface area contributed by atoms with Gasteiger partial charge in [-0.15, -0.1) is 0 Å². The van der Waals surface area contributed by atoms with Gasteiger partial charge in [-0.2, -0.15) is 0 Å². The number of carbonyl (C=O) groups is 4. The van der Waals surface area contributed by atoms with E-state index in [0.717, 1.165) is 16.7 Å². The predicted octanol–water partition coefficient (Wildman–Crippen LogP) is 3.97. The average molecular weight is 492 g/mol. The zero-order valence-corrected chi connectivity index (χ0v) is 19.1. The van der Waals surface area contributed by atoms with Crippen LogP contribution >= 0.6 is 35.0 Å². The molecule has 0 aromatic heterocycles. The Morgan fingerprint density at radius 1 is 0.969 bits per heavy atom. The number of rotatable bonds is 8. The smallest absolute Gasteiger partial charge is 0.293 e. The largest absolute Gasteiger partial charge is 0.354 e. The first-order valence-electron chi connectivity index (χ1n) is 9.66. The third-order valence-electron chi connectivity index (χ3n) is 4.47. The Bertz CT molecular complexity index is 1080. The fourth-order valence-corrected chi connectivity index (χ4v) is 4.06. The molecule has 3 rings (SSSR count). The molecule has 7 nitrogen and oxygen atoms in total. The lowest BCUT2D eigenvalue weighted by Gasteiger charge is -2.13. The summed E-state index contributed by atoms with van der Waals surface area (Å²) in [6.45, 7) is 0.312. The van der Waals surface area contributed by atoms with Crippen molar-refractivity contribution < 1.29 is 19.2 Å². The van der Waals surface area contributed by atoms with Gasteiger partial charge in [0, 0.05) is 31.6 Å². The van der Waals surface area contributed by atoms with Crippen LogP contribution < -0.4 is 10.6 Å². The van der Waals surface area contributed by atoms with Crippen LogP contribution in [0, 0.1) is 0 Å². The van der Waals surface area contributed by atoms with E-state index in [-0.39, 0.29) is 42.8 Å². The summed E-state index contributed by atoms with van der Waals surface area (Å²) in [7, 11) is 0. The van der Waals surface area contributed by atoms with Crippen LogP contribution in [0.15, 0.2) is 53.4 Å². The van der Waals surface area contributed by atoms with Gasteiger partial charge in [0.2, 0.25) is 5.91 Å². The standard InChI is InChI=1S/C22H19Cl2N3O4S/c23-16-8-4-7-15(19(16)24)13-17-21(30)27(22(31)32-17)12-11-25-18(28)9-10-26-20(29)14-5-2-1-3-6-14/h1-8,13H,9-12H2,(H,25,28)(H,26,29)/b17-13-. The van der Waals surface area contributed by atoms with Gasteiger partial charge >= 0.3 is 0 Å². The number of amides is 4. The van der Waals surface area contributed by atoms with Crippen molar-refractivity contribution in [2.45, 2.75) is 6.42 Å². The highest BCUT2D eigenvalue weighted by Crippen LogP contribution is 2.34. The molecule has 0 atom stereocenters. The number of imide groups is 1. The summed E-state index contributed by atoms with van der Waals surface area (Å²) in [5.74, 6) is -1.02.